The van der Waals surface area contributed by atoms with Gasteiger partial charge in [0.05, 0.1) is 13.1 Å². The molecule has 0 saturated heterocycles. The molecule has 0 aliphatic carbocycles. The van der Waals surface area contributed by atoms with E-state index in [1.807, 2.05) is 58.2 Å². The minimum Gasteiger partial charge on any atom is -0.444 e. The fraction of sp³-hybridized carbons (Fsp3) is 0.522. The SMILES string of the molecule is CCNC(=NCc1ccc(CN(C)C(=O)OC(C)(C)C)cc1)NCc1ncc(CC)s1. The Bertz CT molecular complexity index is 856. The molecule has 7 nitrogen and oxygen atoms in total. The highest BCUT2D eigenvalue weighted by atomic mass is 32.1. The molecular weight excluding hydrogens is 410 g/mol. The summed E-state index contributed by atoms with van der Waals surface area (Å²) in [6.07, 6.45) is 2.62. The summed E-state index contributed by atoms with van der Waals surface area (Å²) in [5.41, 5.74) is 1.65. The zero-order valence-corrected chi connectivity index (χ0v) is 20.3. The number of benzene rings is 1. The molecule has 0 spiro atoms. The molecule has 1 heterocycles. The maximum absolute atomic E-state index is 12.1. The molecule has 0 unspecified atom stereocenters. The number of hydrogen-bond acceptors (Lipinski definition) is 5. The van der Waals surface area contributed by atoms with Crippen molar-refractivity contribution in [1.29, 1.82) is 0 Å². The van der Waals surface area contributed by atoms with Crippen LogP contribution < -0.4 is 10.6 Å². The molecule has 0 aliphatic rings. The van der Waals surface area contributed by atoms with Gasteiger partial charge in [0, 0.05) is 31.2 Å². The third kappa shape index (κ3) is 8.96. The molecule has 1 aromatic heterocycles. The highest BCUT2D eigenvalue weighted by Gasteiger charge is 2.19. The lowest BCUT2D eigenvalue weighted by Gasteiger charge is -2.24. The maximum atomic E-state index is 12.1. The Labute approximate surface area is 189 Å². The summed E-state index contributed by atoms with van der Waals surface area (Å²) in [6, 6.07) is 8.13. The summed E-state index contributed by atoms with van der Waals surface area (Å²) in [6.45, 7) is 12.3. The molecule has 31 heavy (non-hydrogen) atoms. The summed E-state index contributed by atoms with van der Waals surface area (Å²) in [5.74, 6) is 0.768. The number of nitrogens with zero attached hydrogens (tertiary/aromatic N) is 3. The third-order valence-corrected chi connectivity index (χ3v) is 5.41. The topological polar surface area (TPSA) is 78.9 Å². The van der Waals surface area contributed by atoms with Gasteiger partial charge in [0.1, 0.15) is 10.6 Å². The van der Waals surface area contributed by atoms with E-state index in [1.54, 1.807) is 23.3 Å². The van der Waals surface area contributed by atoms with Gasteiger partial charge < -0.3 is 20.3 Å². The molecule has 0 saturated carbocycles. The Morgan fingerprint density at radius 2 is 1.84 bits per heavy atom. The summed E-state index contributed by atoms with van der Waals surface area (Å²) >= 11 is 1.73. The van der Waals surface area contributed by atoms with E-state index in [9.17, 15) is 4.79 Å². The fourth-order valence-corrected chi connectivity index (χ4v) is 3.50. The lowest BCUT2D eigenvalue weighted by molar-refractivity contribution is 0.0285. The lowest BCUT2D eigenvalue weighted by atomic mass is 10.1. The van der Waals surface area contributed by atoms with Crippen molar-refractivity contribution in [1.82, 2.24) is 20.5 Å². The summed E-state index contributed by atoms with van der Waals surface area (Å²) in [7, 11) is 1.74. The predicted octanol–water partition coefficient (Wildman–Crippen LogP) is 4.33. The van der Waals surface area contributed by atoms with Gasteiger partial charge >= 0.3 is 6.09 Å². The second-order valence-electron chi connectivity index (χ2n) is 8.28. The molecule has 2 aromatic rings. The van der Waals surface area contributed by atoms with Crippen molar-refractivity contribution in [2.45, 2.75) is 66.3 Å². The number of thiazole rings is 1. The molecule has 1 amide bonds. The standard InChI is InChI=1S/C23H35N5O2S/c1-7-19-14-25-20(31-19)15-27-21(24-8-2)26-13-17-9-11-18(12-10-17)16-28(6)22(29)30-23(3,4)5/h9-12,14H,7-8,13,15-16H2,1-6H3,(H2,24,26,27). The average molecular weight is 446 g/mol. The normalized spacial score (nSPS) is 11.9. The molecule has 0 aliphatic heterocycles. The number of hydrogen-bond donors (Lipinski definition) is 2. The second kappa shape index (κ2) is 11.7. The van der Waals surface area contributed by atoms with Gasteiger partial charge in [0.15, 0.2) is 5.96 Å². The van der Waals surface area contributed by atoms with Crippen molar-refractivity contribution in [3.05, 3.63) is 51.5 Å². The van der Waals surface area contributed by atoms with E-state index >= 15 is 0 Å². The largest absolute Gasteiger partial charge is 0.444 e. The monoisotopic (exact) mass is 445 g/mol. The Balaban J connectivity index is 1.90. The molecular formula is C23H35N5O2S. The number of amides is 1. The van der Waals surface area contributed by atoms with Gasteiger partial charge in [-0.05, 0) is 45.2 Å². The zero-order valence-electron chi connectivity index (χ0n) is 19.5. The first-order valence-electron chi connectivity index (χ1n) is 10.7. The number of aliphatic imine (C=N–C) groups is 1. The fourth-order valence-electron chi connectivity index (χ4n) is 2.69. The second-order valence-corrected chi connectivity index (χ2v) is 9.48. The average Bonchev–Trinajstić information content (AvgIpc) is 3.18. The Morgan fingerprint density at radius 1 is 1.16 bits per heavy atom. The number of guanidine groups is 1. The van der Waals surface area contributed by atoms with E-state index in [4.69, 9.17) is 4.74 Å². The Hall–Kier alpha value is -2.61. The van der Waals surface area contributed by atoms with Gasteiger partial charge in [-0.25, -0.2) is 14.8 Å². The number of carbonyl (C=O) groups excluding carboxylic acids is 1. The molecule has 2 rings (SSSR count). The van der Waals surface area contributed by atoms with Crippen LogP contribution in [0.5, 0.6) is 0 Å². The van der Waals surface area contributed by atoms with Crippen molar-refractivity contribution in [2.24, 2.45) is 4.99 Å². The Kier molecular flexibility index (Phi) is 9.30. The van der Waals surface area contributed by atoms with Crippen LogP contribution in [0.15, 0.2) is 35.5 Å². The van der Waals surface area contributed by atoms with Crippen LogP contribution in [-0.4, -0.2) is 41.1 Å². The van der Waals surface area contributed by atoms with Crippen LogP contribution in [0.2, 0.25) is 0 Å². The molecule has 0 fully saturated rings. The van der Waals surface area contributed by atoms with Crippen LogP contribution in [0.3, 0.4) is 0 Å². The van der Waals surface area contributed by atoms with Gasteiger partial charge in [-0.15, -0.1) is 11.3 Å². The van der Waals surface area contributed by atoms with E-state index in [1.165, 1.54) is 4.88 Å². The predicted molar refractivity (Wildman–Crippen MR) is 127 cm³/mol. The zero-order chi connectivity index (χ0) is 22.9. The minimum atomic E-state index is -0.497. The molecule has 1 aromatic carbocycles. The summed E-state index contributed by atoms with van der Waals surface area (Å²) in [4.78, 5) is 24.1. The number of carbonyl (C=O) groups is 1. The lowest BCUT2D eigenvalue weighted by Crippen LogP contribution is -2.36. The quantitative estimate of drug-likeness (QED) is 0.467. The smallest absolute Gasteiger partial charge is 0.410 e. The van der Waals surface area contributed by atoms with Crippen LogP contribution >= 0.6 is 11.3 Å². The number of aryl methyl sites for hydroxylation is 1. The van der Waals surface area contributed by atoms with Crippen LogP contribution in [0.25, 0.3) is 0 Å². The summed E-state index contributed by atoms with van der Waals surface area (Å²) < 4.78 is 5.40. The van der Waals surface area contributed by atoms with E-state index < -0.39 is 5.60 Å². The van der Waals surface area contributed by atoms with Gasteiger partial charge in [-0.3, -0.25) is 0 Å². The van der Waals surface area contributed by atoms with Crippen molar-refractivity contribution >= 4 is 23.4 Å². The molecule has 0 radical (unpaired) electrons. The van der Waals surface area contributed by atoms with Gasteiger partial charge in [-0.2, -0.15) is 0 Å². The van der Waals surface area contributed by atoms with E-state index in [0.29, 0.717) is 19.6 Å². The van der Waals surface area contributed by atoms with E-state index in [-0.39, 0.29) is 6.09 Å². The highest BCUT2D eigenvalue weighted by Crippen LogP contribution is 2.14. The molecule has 0 bridgehead atoms. The number of rotatable bonds is 8. The van der Waals surface area contributed by atoms with Crippen LogP contribution in [0.4, 0.5) is 4.79 Å². The number of ether oxygens (including phenoxy) is 1. The first-order chi connectivity index (χ1) is 14.7. The van der Waals surface area contributed by atoms with Gasteiger partial charge in [-0.1, -0.05) is 31.2 Å². The van der Waals surface area contributed by atoms with Gasteiger partial charge in [0.25, 0.3) is 0 Å². The summed E-state index contributed by atoms with van der Waals surface area (Å²) in [5, 5.41) is 7.67. The van der Waals surface area contributed by atoms with Crippen molar-refractivity contribution in [3.63, 3.8) is 0 Å². The molecule has 170 valence electrons. The molecule has 8 heteroatoms. The maximum Gasteiger partial charge on any atom is 0.410 e. The van der Waals surface area contributed by atoms with E-state index in [0.717, 1.165) is 35.1 Å². The van der Waals surface area contributed by atoms with Crippen LogP contribution in [-0.2, 0) is 30.8 Å². The van der Waals surface area contributed by atoms with Crippen molar-refractivity contribution in [2.75, 3.05) is 13.6 Å². The van der Waals surface area contributed by atoms with Crippen LogP contribution in [0.1, 0.15) is 55.6 Å². The minimum absolute atomic E-state index is 0.325. The number of aromatic nitrogens is 1. The number of nitrogens with one attached hydrogen (secondary N) is 2. The molecule has 2 N–H and O–H groups in total. The first-order valence-corrected chi connectivity index (χ1v) is 11.5. The molecule has 0 atom stereocenters. The third-order valence-electron chi connectivity index (χ3n) is 4.27. The van der Waals surface area contributed by atoms with Crippen LogP contribution in [0, 0.1) is 0 Å². The van der Waals surface area contributed by atoms with E-state index in [2.05, 4.69) is 27.5 Å². The van der Waals surface area contributed by atoms with Gasteiger partial charge in [0.2, 0.25) is 0 Å². The first kappa shape index (κ1) is 24.7. The highest BCUT2D eigenvalue weighted by molar-refractivity contribution is 7.11. The Morgan fingerprint density at radius 3 is 2.42 bits per heavy atom. The van der Waals surface area contributed by atoms with Crippen molar-refractivity contribution < 1.29 is 9.53 Å². The van der Waals surface area contributed by atoms with Crippen molar-refractivity contribution in [3.8, 4) is 0 Å².